The van der Waals surface area contributed by atoms with Crippen molar-refractivity contribution >= 4 is 17.7 Å². The molecule has 0 radical (unpaired) electrons. The number of ether oxygens (including phenoxy) is 1. The van der Waals surface area contributed by atoms with E-state index in [9.17, 15) is 4.79 Å². The SMILES string of the molecule is CCN1C[C@@H](NC(=O)c2cnc(SC)nc2)[C@H](OC)C1. The second kappa shape index (κ2) is 7.01. The van der Waals surface area contributed by atoms with Gasteiger partial charge < -0.3 is 10.1 Å². The summed E-state index contributed by atoms with van der Waals surface area (Å²) >= 11 is 1.45. The molecule has 2 atom stereocenters. The molecule has 6 nitrogen and oxygen atoms in total. The second-order valence-corrected chi connectivity index (χ2v) is 5.44. The highest BCUT2D eigenvalue weighted by molar-refractivity contribution is 7.98. The average molecular weight is 296 g/mol. The van der Waals surface area contributed by atoms with Gasteiger partial charge in [-0.3, -0.25) is 9.69 Å². The predicted molar refractivity (Wildman–Crippen MR) is 78.0 cm³/mol. The first-order valence-electron chi connectivity index (χ1n) is 6.60. The van der Waals surface area contributed by atoms with Crippen LogP contribution in [0.25, 0.3) is 0 Å². The summed E-state index contributed by atoms with van der Waals surface area (Å²) in [5, 5.41) is 3.67. The van der Waals surface area contributed by atoms with Gasteiger partial charge in [-0.15, -0.1) is 0 Å². The van der Waals surface area contributed by atoms with Gasteiger partial charge in [-0.25, -0.2) is 9.97 Å². The summed E-state index contributed by atoms with van der Waals surface area (Å²) in [4.78, 5) is 22.7. The van der Waals surface area contributed by atoms with Crippen LogP contribution in [-0.4, -0.2) is 65.9 Å². The number of nitrogens with one attached hydrogen (secondary N) is 1. The lowest BCUT2D eigenvalue weighted by atomic mass is 10.2. The zero-order valence-corrected chi connectivity index (χ0v) is 12.8. The number of thioether (sulfide) groups is 1. The Balaban J connectivity index is 1.99. The number of carbonyl (C=O) groups is 1. The summed E-state index contributed by atoms with van der Waals surface area (Å²) in [6.45, 7) is 4.72. The Labute approximate surface area is 123 Å². The van der Waals surface area contributed by atoms with Crippen LogP contribution in [-0.2, 0) is 4.74 Å². The lowest BCUT2D eigenvalue weighted by molar-refractivity contribution is 0.0761. The molecule has 1 amide bonds. The van der Waals surface area contributed by atoms with Crippen molar-refractivity contribution in [2.75, 3.05) is 33.0 Å². The fourth-order valence-electron chi connectivity index (χ4n) is 2.28. The van der Waals surface area contributed by atoms with Crippen LogP contribution < -0.4 is 5.32 Å². The molecule has 2 heterocycles. The molecule has 1 fully saturated rings. The van der Waals surface area contributed by atoms with Crippen LogP contribution in [0.15, 0.2) is 17.6 Å². The number of hydrogen-bond acceptors (Lipinski definition) is 6. The Kier molecular flexibility index (Phi) is 5.33. The number of hydrogen-bond donors (Lipinski definition) is 1. The number of aromatic nitrogens is 2. The van der Waals surface area contributed by atoms with Gasteiger partial charge in [-0.1, -0.05) is 18.7 Å². The van der Waals surface area contributed by atoms with Crippen LogP contribution in [0.1, 0.15) is 17.3 Å². The van der Waals surface area contributed by atoms with E-state index >= 15 is 0 Å². The molecule has 1 aliphatic heterocycles. The van der Waals surface area contributed by atoms with Gasteiger partial charge in [0.25, 0.3) is 5.91 Å². The van der Waals surface area contributed by atoms with Crippen molar-refractivity contribution in [3.8, 4) is 0 Å². The zero-order chi connectivity index (χ0) is 14.5. The van der Waals surface area contributed by atoms with E-state index in [1.54, 1.807) is 19.5 Å². The van der Waals surface area contributed by atoms with Gasteiger partial charge >= 0.3 is 0 Å². The van der Waals surface area contributed by atoms with Gasteiger partial charge in [0, 0.05) is 32.6 Å². The molecule has 2 rings (SSSR count). The minimum atomic E-state index is -0.150. The van der Waals surface area contributed by atoms with Gasteiger partial charge in [0.15, 0.2) is 5.16 Å². The molecule has 1 N–H and O–H groups in total. The molecule has 110 valence electrons. The Morgan fingerprint density at radius 3 is 2.75 bits per heavy atom. The Bertz CT molecular complexity index is 454. The molecule has 1 saturated heterocycles. The van der Waals surface area contributed by atoms with Gasteiger partial charge in [0.2, 0.25) is 0 Å². The van der Waals surface area contributed by atoms with Crippen LogP contribution in [0.5, 0.6) is 0 Å². The summed E-state index contributed by atoms with van der Waals surface area (Å²) in [6.07, 6.45) is 5.05. The number of likely N-dealkylation sites (tertiary alicyclic amines) is 1. The molecular weight excluding hydrogens is 276 g/mol. The first kappa shape index (κ1) is 15.2. The predicted octanol–water partition coefficient (Wildman–Crippen LogP) is 0.647. The highest BCUT2D eigenvalue weighted by Crippen LogP contribution is 2.13. The maximum Gasteiger partial charge on any atom is 0.254 e. The summed E-state index contributed by atoms with van der Waals surface area (Å²) in [5.74, 6) is -0.150. The van der Waals surface area contributed by atoms with E-state index in [1.165, 1.54) is 11.8 Å². The Morgan fingerprint density at radius 1 is 1.50 bits per heavy atom. The van der Waals surface area contributed by atoms with Crippen molar-refractivity contribution in [1.29, 1.82) is 0 Å². The summed E-state index contributed by atoms with van der Waals surface area (Å²) in [7, 11) is 1.68. The van der Waals surface area contributed by atoms with E-state index in [1.807, 2.05) is 6.26 Å². The molecule has 0 saturated carbocycles. The first-order valence-corrected chi connectivity index (χ1v) is 7.82. The summed E-state index contributed by atoms with van der Waals surface area (Å²) in [5.41, 5.74) is 0.479. The van der Waals surface area contributed by atoms with Crippen molar-refractivity contribution in [2.45, 2.75) is 24.2 Å². The third-order valence-electron chi connectivity index (χ3n) is 3.48. The molecular formula is C13H20N4O2S. The number of rotatable bonds is 5. The average Bonchev–Trinajstić information content (AvgIpc) is 2.89. The van der Waals surface area contributed by atoms with E-state index in [0.29, 0.717) is 10.7 Å². The van der Waals surface area contributed by atoms with Crippen LogP contribution in [0.4, 0.5) is 0 Å². The van der Waals surface area contributed by atoms with Crippen molar-refractivity contribution in [2.24, 2.45) is 0 Å². The van der Waals surface area contributed by atoms with Crippen molar-refractivity contribution in [3.05, 3.63) is 18.0 Å². The second-order valence-electron chi connectivity index (χ2n) is 4.66. The molecule has 20 heavy (non-hydrogen) atoms. The fraction of sp³-hybridized carbons (Fsp3) is 0.615. The first-order chi connectivity index (χ1) is 9.67. The molecule has 0 aliphatic carbocycles. The topological polar surface area (TPSA) is 67.4 Å². The monoisotopic (exact) mass is 296 g/mol. The molecule has 1 aromatic rings. The highest BCUT2D eigenvalue weighted by Gasteiger charge is 2.33. The number of methoxy groups -OCH3 is 1. The number of likely N-dealkylation sites (N-methyl/N-ethyl adjacent to an activating group) is 1. The van der Waals surface area contributed by atoms with E-state index in [2.05, 4.69) is 27.1 Å². The zero-order valence-electron chi connectivity index (χ0n) is 12.0. The van der Waals surface area contributed by atoms with Gasteiger partial charge in [-0.05, 0) is 12.8 Å². The van der Waals surface area contributed by atoms with E-state index in [0.717, 1.165) is 19.6 Å². The van der Waals surface area contributed by atoms with Crippen LogP contribution in [0.3, 0.4) is 0 Å². The molecule has 1 aliphatic rings. The van der Waals surface area contributed by atoms with Crippen LogP contribution in [0, 0.1) is 0 Å². The smallest absolute Gasteiger partial charge is 0.254 e. The van der Waals surface area contributed by atoms with Gasteiger partial charge in [0.05, 0.1) is 17.7 Å². The third kappa shape index (κ3) is 3.47. The van der Waals surface area contributed by atoms with Crippen LogP contribution in [0.2, 0.25) is 0 Å². The standard InChI is InChI=1S/C13H20N4O2S/c1-4-17-7-10(11(8-17)19-2)16-12(18)9-5-14-13(20-3)15-6-9/h5-6,10-11H,4,7-8H2,1-3H3,(H,16,18)/t10-,11-/m1/s1. The fourth-order valence-corrected chi connectivity index (χ4v) is 2.59. The van der Waals surface area contributed by atoms with Crippen molar-refractivity contribution in [3.63, 3.8) is 0 Å². The summed E-state index contributed by atoms with van der Waals surface area (Å²) in [6, 6.07) is 0.00711. The maximum atomic E-state index is 12.2. The Morgan fingerprint density at radius 2 is 2.20 bits per heavy atom. The molecule has 1 aromatic heterocycles. The number of carbonyl (C=O) groups excluding carboxylic acids is 1. The lowest BCUT2D eigenvalue weighted by Gasteiger charge is -2.18. The largest absolute Gasteiger partial charge is 0.378 e. The minimum absolute atomic E-state index is 0.00711. The van der Waals surface area contributed by atoms with Gasteiger partial charge in [0.1, 0.15) is 0 Å². The third-order valence-corrected chi connectivity index (χ3v) is 4.06. The number of amides is 1. The van der Waals surface area contributed by atoms with Crippen molar-refractivity contribution in [1.82, 2.24) is 20.2 Å². The highest BCUT2D eigenvalue weighted by atomic mass is 32.2. The Hall–Kier alpha value is -1.18. The lowest BCUT2D eigenvalue weighted by Crippen LogP contribution is -2.43. The van der Waals surface area contributed by atoms with Crippen molar-refractivity contribution < 1.29 is 9.53 Å². The summed E-state index contributed by atoms with van der Waals surface area (Å²) < 4.78 is 5.44. The van der Waals surface area contributed by atoms with Gasteiger partial charge in [-0.2, -0.15) is 0 Å². The quantitative estimate of drug-likeness (QED) is 0.635. The van der Waals surface area contributed by atoms with E-state index < -0.39 is 0 Å². The van der Waals surface area contributed by atoms with E-state index in [4.69, 9.17) is 4.74 Å². The minimum Gasteiger partial charge on any atom is -0.378 e. The maximum absolute atomic E-state index is 12.2. The van der Waals surface area contributed by atoms with Crippen LogP contribution >= 0.6 is 11.8 Å². The molecule has 7 heteroatoms. The molecule has 0 unspecified atom stereocenters. The number of nitrogens with zero attached hydrogens (tertiary/aromatic N) is 3. The molecule has 0 bridgehead atoms. The normalized spacial score (nSPS) is 22.9. The molecule has 0 aromatic carbocycles. The molecule has 0 spiro atoms. The van der Waals surface area contributed by atoms with E-state index in [-0.39, 0.29) is 18.1 Å².